The summed E-state index contributed by atoms with van der Waals surface area (Å²) in [7, 11) is 3.69. The Labute approximate surface area is 187 Å². The number of fused-ring (bicyclic) bond motifs is 1. The molecule has 2 aliphatic rings. The number of benzene rings is 1. The molecule has 32 heavy (non-hydrogen) atoms. The number of amides is 2. The van der Waals surface area contributed by atoms with Crippen molar-refractivity contribution in [2.45, 2.75) is 32.1 Å². The summed E-state index contributed by atoms with van der Waals surface area (Å²) in [6.07, 6.45) is 9.52. The SMILES string of the molecule is CN1C(=O)CCc2cc(-c3n[nH]cc3CC3CCN(C(=O)c4cncn4C)CC3)ccc21. The maximum absolute atomic E-state index is 12.7. The van der Waals surface area contributed by atoms with Crippen molar-refractivity contribution in [3.8, 4) is 11.3 Å². The number of H-pyrrole nitrogens is 1. The lowest BCUT2D eigenvalue weighted by Gasteiger charge is -2.32. The van der Waals surface area contributed by atoms with E-state index in [9.17, 15) is 9.59 Å². The van der Waals surface area contributed by atoms with Gasteiger partial charge in [-0.2, -0.15) is 5.10 Å². The molecule has 1 N–H and O–H groups in total. The Bertz CT molecular complexity index is 1150. The number of anilines is 1. The first kappa shape index (κ1) is 20.5. The van der Waals surface area contributed by atoms with Gasteiger partial charge in [0.15, 0.2) is 0 Å². The maximum atomic E-state index is 12.7. The van der Waals surface area contributed by atoms with Crippen LogP contribution in [0.15, 0.2) is 36.9 Å². The summed E-state index contributed by atoms with van der Waals surface area (Å²) in [5.41, 5.74) is 6.11. The highest BCUT2D eigenvalue weighted by atomic mass is 16.2. The van der Waals surface area contributed by atoms with Crippen LogP contribution in [0.5, 0.6) is 0 Å². The van der Waals surface area contributed by atoms with E-state index in [1.807, 2.05) is 31.3 Å². The molecule has 1 aromatic carbocycles. The van der Waals surface area contributed by atoms with E-state index in [4.69, 9.17) is 0 Å². The van der Waals surface area contributed by atoms with Gasteiger partial charge in [-0.3, -0.25) is 14.7 Å². The van der Waals surface area contributed by atoms with Crippen molar-refractivity contribution in [3.63, 3.8) is 0 Å². The molecule has 1 saturated heterocycles. The van der Waals surface area contributed by atoms with Crippen molar-refractivity contribution < 1.29 is 9.59 Å². The van der Waals surface area contributed by atoms with Crippen LogP contribution in [0.3, 0.4) is 0 Å². The van der Waals surface area contributed by atoms with E-state index in [0.717, 1.165) is 55.7 Å². The monoisotopic (exact) mass is 432 g/mol. The number of likely N-dealkylation sites (tertiary alicyclic amines) is 1. The first-order valence-corrected chi connectivity index (χ1v) is 11.2. The van der Waals surface area contributed by atoms with Crippen molar-refractivity contribution in [1.29, 1.82) is 0 Å². The van der Waals surface area contributed by atoms with Gasteiger partial charge in [0.05, 0.1) is 18.2 Å². The molecule has 0 aliphatic carbocycles. The fourth-order valence-electron chi connectivity index (χ4n) is 4.90. The predicted octanol–water partition coefficient (Wildman–Crippen LogP) is 2.81. The van der Waals surface area contributed by atoms with E-state index in [0.29, 0.717) is 18.0 Å². The highest BCUT2D eigenvalue weighted by Crippen LogP contribution is 2.33. The van der Waals surface area contributed by atoms with Gasteiger partial charge in [0.1, 0.15) is 5.69 Å². The number of nitrogens with one attached hydrogen (secondary N) is 1. The molecule has 2 aromatic heterocycles. The third-order valence-corrected chi connectivity index (χ3v) is 6.86. The summed E-state index contributed by atoms with van der Waals surface area (Å²) in [5.74, 6) is 0.743. The van der Waals surface area contributed by atoms with E-state index in [2.05, 4.69) is 27.3 Å². The number of aromatic amines is 1. The number of imidazole rings is 1. The number of piperidine rings is 1. The Kier molecular flexibility index (Phi) is 5.28. The zero-order chi connectivity index (χ0) is 22.2. The van der Waals surface area contributed by atoms with Crippen molar-refractivity contribution >= 4 is 17.5 Å². The number of aryl methyl sites for hydroxylation is 2. The lowest BCUT2D eigenvalue weighted by atomic mass is 9.89. The standard InChI is InChI=1S/C24H28N6O2/c1-28-15-25-14-21(28)24(32)30-9-7-16(8-10-30)11-19-13-26-27-23(19)18-3-5-20-17(12-18)4-6-22(31)29(20)2/h3,5,12-16H,4,6-11H2,1-2H3,(H,26,27). The zero-order valence-corrected chi connectivity index (χ0v) is 18.5. The number of aromatic nitrogens is 4. The third kappa shape index (κ3) is 3.70. The Morgan fingerprint density at radius 1 is 1.19 bits per heavy atom. The molecule has 166 valence electrons. The van der Waals surface area contributed by atoms with Crippen LogP contribution < -0.4 is 4.90 Å². The van der Waals surface area contributed by atoms with Crippen molar-refractivity contribution in [1.82, 2.24) is 24.6 Å². The van der Waals surface area contributed by atoms with Gasteiger partial charge in [0, 0.05) is 51.1 Å². The molecule has 8 heteroatoms. The second kappa shape index (κ2) is 8.26. The molecule has 0 bridgehead atoms. The summed E-state index contributed by atoms with van der Waals surface area (Å²) in [6, 6.07) is 6.26. The van der Waals surface area contributed by atoms with Crippen LogP contribution in [0.1, 0.15) is 40.9 Å². The first-order chi connectivity index (χ1) is 15.5. The molecule has 0 saturated carbocycles. The van der Waals surface area contributed by atoms with Crippen molar-refractivity contribution in [3.05, 3.63) is 53.7 Å². The van der Waals surface area contributed by atoms with Crippen LogP contribution in [0.25, 0.3) is 11.3 Å². The molecule has 0 radical (unpaired) electrons. The van der Waals surface area contributed by atoms with Crippen LogP contribution in [0, 0.1) is 5.92 Å². The number of rotatable bonds is 4. The second-order valence-electron chi connectivity index (χ2n) is 8.88. The topological polar surface area (TPSA) is 87.1 Å². The fraction of sp³-hybridized carbons (Fsp3) is 0.417. The molecule has 2 aliphatic heterocycles. The number of carbonyl (C=O) groups excluding carboxylic acids is 2. The molecule has 0 spiro atoms. The number of hydrogen-bond acceptors (Lipinski definition) is 4. The Morgan fingerprint density at radius 3 is 2.75 bits per heavy atom. The van der Waals surface area contributed by atoms with E-state index < -0.39 is 0 Å². The largest absolute Gasteiger partial charge is 0.337 e. The summed E-state index contributed by atoms with van der Waals surface area (Å²) < 4.78 is 1.78. The van der Waals surface area contributed by atoms with Gasteiger partial charge >= 0.3 is 0 Å². The summed E-state index contributed by atoms with van der Waals surface area (Å²) >= 11 is 0. The van der Waals surface area contributed by atoms with Gasteiger partial charge in [-0.15, -0.1) is 0 Å². The number of carbonyl (C=O) groups is 2. The average Bonchev–Trinajstić information content (AvgIpc) is 3.45. The molecule has 5 rings (SSSR count). The normalized spacial score (nSPS) is 17.0. The Hall–Kier alpha value is -3.42. The molecule has 0 unspecified atom stereocenters. The lowest BCUT2D eigenvalue weighted by Crippen LogP contribution is -2.39. The van der Waals surface area contributed by atoms with Gasteiger partial charge in [0.2, 0.25) is 5.91 Å². The highest BCUT2D eigenvalue weighted by Gasteiger charge is 2.27. The summed E-state index contributed by atoms with van der Waals surface area (Å²) in [5, 5.41) is 7.59. The molecule has 8 nitrogen and oxygen atoms in total. The number of hydrogen-bond donors (Lipinski definition) is 1. The van der Waals surface area contributed by atoms with Gasteiger partial charge in [-0.05, 0) is 54.9 Å². The summed E-state index contributed by atoms with van der Waals surface area (Å²) in [6.45, 7) is 1.53. The van der Waals surface area contributed by atoms with Crippen LogP contribution in [0.4, 0.5) is 5.69 Å². The third-order valence-electron chi connectivity index (χ3n) is 6.86. The molecule has 3 aromatic rings. The number of nitrogens with zero attached hydrogens (tertiary/aromatic N) is 5. The minimum absolute atomic E-state index is 0.0601. The van der Waals surface area contributed by atoms with Crippen molar-refractivity contribution in [2.24, 2.45) is 13.0 Å². The second-order valence-corrected chi connectivity index (χ2v) is 8.88. The van der Waals surface area contributed by atoms with E-state index in [-0.39, 0.29) is 11.8 Å². The zero-order valence-electron chi connectivity index (χ0n) is 18.5. The minimum atomic E-state index is 0.0601. The van der Waals surface area contributed by atoms with Crippen LogP contribution in [0.2, 0.25) is 0 Å². The summed E-state index contributed by atoms with van der Waals surface area (Å²) in [4.78, 5) is 32.4. The fourth-order valence-corrected chi connectivity index (χ4v) is 4.90. The Morgan fingerprint density at radius 2 is 2.00 bits per heavy atom. The van der Waals surface area contributed by atoms with Gasteiger partial charge in [-0.1, -0.05) is 6.07 Å². The molecule has 2 amide bonds. The maximum Gasteiger partial charge on any atom is 0.272 e. The quantitative estimate of drug-likeness (QED) is 0.687. The lowest BCUT2D eigenvalue weighted by molar-refractivity contribution is -0.118. The average molecular weight is 433 g/mol. The van der Waals surface area contributed by atoms with Gasteiger partial charge < -0.3 is 14.4 Å². The van der Waals surface area contributed by atoms with E-state index in [1.165, 1.54) is 11.1 Å². The van der Waals surface area contributed by atoms with Gasteiger partial charge in [0.25, 0.3) is 5.91 Å². The molecule has 0 atom stereocenters. The van der Waals surface area contributed by atoms with Crippen molar-refractivity contribution in [2.75, 3.05) is 25.0 Å². The molecular weight excluding hydrogens is 404 g/mol. The van der Waals surface area contributed by atoms with Crippen LogP contribution in [-0.4, -0.2) is 56.6 Å². The minimum Gasteiger partial charge on any atom is -0.337 e. The smallest absolute Gasteiger partial charge is 0.272 e. The molecular formula is C24H28N6O2. The van der Waals surface area contributed by atoms with Crippen LogP contribution >= 0.6 is 0 Å². The molecule has 1 fully saturated rings. The van der Waals surface area contributed by atoms with E-state index in [1.54, 1.807) is 22.0 Å². The van der Waals surface area contributed by atoms with Crippen LogP contribution in [-0.2, 0) is 24.7 Å². The molecule has 4 heterocycles. The van der Waals surface area contributed by atoms with Gasteiger partial charge in [-0.25, -0.2) is 4.98 Å². The highest BCUT2D eigenvalue weighted by molar-refractivity contribution is 5.96. The first-order valence-electron chi connectivity index (χ1n) is 11.2. The van der Waals surface area contributed by atoms with E-state index >= 15 is 0 Å². The Balaban J connectivity index is 1.26. The predicted molar refractivity (Wildman–Crippen MR) is 121 cm³/mol.